The van der Waals surface area contributed by atoms with E-state index in [-0.39, 0.29) is 0 Å². The van der Waals surface area contributed by atoms with Gasteiger partial charge in [-0.05, 0) is 34.1 Å². The highest BCUT2D eigenvalue weighted by Crippen LogP contribution is 2.29. The number of rotatable bonds is 2. The molecule has 0 saturated carbocycles. The summed E-state index contributed by atoms with van der Waals surface area (Å²) in [6.45, 7) is 0. The van der Waals surface area contributed by atoms with Crippen molar-refractivity contribution in [2.75, 3.05) is 11.1 Å². The second-order valence-electron chi connectivity index (χ2n) is 4.25. The summed E-state index contributed by atoms with van der Waals surface area (Å²) in [6.07, 6.45) is 3.31. The lowest BCUT2D eigenvalue weighted by Gasteiger charge is -2.10. The zero-order chi connectivity index (χ0) is 14.1. The van der Waals surface area contributed by atoms with Crippen LogP contribution in [-0.2, 0) is 0 Å². The van der Waals surface area contributed by atoms with E-state index in [4.69, 9.17) is 17.3 Å². The summed E-state index contributed by atoms with van der Waals surface area (Å²) in [5.74, 6) is 0.554. The molecule has 0 aliphatic rings. The largest absolute Gasteiger partial charge is 0.397 e. The number of pyridine rings is 2. The van der Waals surface area contributed by atoms with Crippen molar-refractivity contribution in [2.45, 2.75) is 0 Å². The van der Waals surface area contributed by atoms with Gasteiger partial charge in [0.15, 0.2) is 0 Å². The molecule has 0 unspecified atom stereocenters. The summed E-state index contributed by atoms with van der Waals surface area (Å²) in [6, 6.07) is 9.54. The average Bonchev–Trinajstić information content (AvgIpc) is 2.41. The van der Waals surface area contributed by atoms with Crippen molar-refractivity contribution in [3.8, 4) is 0 Å². The number of nitrogens with zero attached hydrogens (tertiary/aromatic N) is 2. The van der Waals surface area contributed by atoms with E-state index in [9.17, 15) is 0 Å². The van der Waals surface area contributed by atoms with E-state index >= 15 is 0 Å². The number of benzene rings is 1. The van der Waals surface area contributed by atoms with E-state index in [1.807, 2.05) is 24.3 Å². The summed E-state index contributed by atoms with van der Waals surface area (Å²) in [5, 5.41) is 4.68. The molecule has 0 amide bonds. The fraction of sp³-hybridized carbons (Fsp3) is 0. The van der Waals surface area contributed by atoms with E-state index in [1.165, 1.54) is 0 Å². The first-order chi connectivity index (χ1) is 9.63. The number of nitrogens with two attached hydrogens (primary N) is 1. The fourth-order valence-corrected chi connectivity index (χ4v) is 2.48. The SMILES string of the molecule is Nc1cnc(Nc2cccc3cc(Br)cnc23)c(Cl)c1. The monoisotopic (exact) mass is 348 g/mol. The zero-order valence-corrected chi connectivity index (χ0v) is 12.6. The van der Waals surface area contributed by atoms with Gasteiger partial charge >= 0.3 is 0 Å². The van der Waals surface area contributed by atoms with Crippen molar-refractivity contribution < 1.29 is 0 Å². The molecule has 3 N–H and O–H groups in total. The minimum absolute atomic E-state index is 0.471. The van der Waals surface area contributed by atoms with Crippen molar-refractivity contribution in [2.24, 2.45) is 0 Å². The Morgan fingerprint density at radius 3 is 2.80 bits per heavy atom. The molecule has 3 rings (SSSR count). The molecule has 20 heavy (non-hydrogen) atoms. The first-order valence-electron chi connectivity index (χ1n) is 5.86. The molecule has 0 aliphatic carbocycles. The highest BCUT2D eigenvalue weighted by atomic mass is 79.9. The second-order valence-corrected chi connectivity index (χ2v) is 5.58. The maximum atomic E-state index is 6.12. The van der Waals surface area contributed by atoms with Crippen LogP contribution < -0.4 is 11.1 Å². The van der Waals surface area contributed by atoms with Gasteiger partial charge in [0.25, 0.3) is 0 Å². The summed E-state index contributed by atoms with van der Waals surface area (Å²) in [7, 11) is 0. The van der Waals surface area contributed by atoms with E-state index in [0.717, 1.165) is 21.1 Å². The topological polar surface area (TPSA) is 63.8 Å². The summed E-state index contributed by atoms with van der Waals surface area (Å²) >= 11 is 9.54. The molecule has 0 radical (unpaired) electrons. The van der Waals surface area contributed by atoms with Crippen LogP contribution in [0.25, 0.3) is 10.9 Å². The molecule has 1 aromatic carbocycles. The van der Waals surface area contributed by atoms with Gasteiger partial charge in [-0.1, -0.05) is 23.7 Å². The maximum absolute atomic E-state index is 6.12. The predicted molar refractivity (Wildman–Crippen MR) is 86.4 cm³/mol. The van der Waals surface area contributed by atoms with Crippen molar-refractivity contribution in [1.29, 1.82) is 0 Å². The number of aromatic nitrogens is 2. The van der Waals surface area contributed by atoms with Crippen molar-refractivity contribution in [1.82, 2.24) is 9.97 Å². The Balaban J connectivity index is 2.06. The van der Waals surface area contributed by atoms with Crippen LogP contribution in [0.2, 0.25) is 5.02 Å². The minimum Gasteiger partial charge on any atom is -0.397 e. The molecule has 6 heteroatoms. The Hall–Kier alpha value is -1.85. The molecule has 0 aliphatic heterocycles. The Morgan fingerprint density at radius 1 is 1.15 bits per heavy atom. The highest BCUT2D eigenvalue weighted by Gasteiger charge is 2.07. The summed E-state index contributed by atoms with van der Waals surface area (Å²) in [4.78, 5) is 8.61. The Kier molecular flexibility index (Phi) is 3.46. The normalized spacial score (nSPS) is 10.7. The third-order valence-corrected chi connectivity index (χ3v) is 3.51. The Bertz CT molecular complexity index is 791. The molecule has 2 aromatic heterocycles. The van der Waals surface area contributed by atoms with E-state index < -0.39 is 0 Å². The predicted octanol–water partition coefficient (Wildman–Crippen LogP) is 4.37. The third kappa shape index (κ3) is 2.55. The number of nitrogens with one attached hydrogen (secondary N) is 1. The third-order valence-electron chi connectivity index (χ3n) is 2.79. The van der Waals surface area contributed by atoms with Crippen LogP contribution in [0.4, 0.5) is 17.2 Å². The average molecular weight is 350 g/mol. The van der Waals surface area contributed by atoms with Gasteiger partial charge in [-0.3, -0.25) is 4.98 Å². The van der Waals surface area contributed by atoms with Gasteiger partial charge in [-0.25, -0.2) is 4.98 Å². The Labute approximate surface area is 129 Å². The van der Waals surface area contributed by atoms with Crippen LogP contribution in [-0.4, -0.2) is 9.97 Å². The maximum Gasteiger partial charge on any atom is 0.149 e. The number of para-hydroxylation sites is 1. The Morgan fingerprint density at radius 2 is 2.00 bits per heavy atom. The molecule has 3 aromatic rings. The van der Waals surface area contributed by atoms with Crippen LogP contribution in [0.3, 0.4) is 0 Å². The van der Waals surface area contributed by atoms with Gasteiger partial charge in [-0.2, -0.15) is 0 Å². The molecule has 0 saturated heterocycles. The van der Waals surface area contributed by atoms with Gasteiger partial charge in [0, 0.05) is 16.1 Å². The number of hydrogen-bond donors (Lipinski definition) is 2. The van der Waals surface area contributed by atoms with Crippen LogP contribution in [0.1, 0.15) is 0 Å². The fourth-order valence-electron chi connectivity index (χ4n) is 1.91. The molecule has 0 spiro atoms. The molecule has 100 valence electrons. The summed E-state index contributed by atoms with van der Waals surface area (Å²) < 4.78 is 0.936. The van der Waals surface area contributed by atoms with Gasteiger partial charge in [0.1, 0.15) is 5.82 Å². The summed E-state index contributed by atoms with van der Waals surface area (Å²) in [5.41, 5.74) is 7.86. The lowest BCUT2D eigenvalue weighted by molar-refractivity contribution is 1.31. The van der Waals surface area contributed by atoms with E-state index in [1.54, 1.807) is 18.5 Å². The minimum atomic E-state index is 0.471. The van der Waals surface area contributed by atoms with Crippen molar-refractivity contribution in [3.05, 3.63) is 52.2 Å². The number of halogens is 2. The van der Waals surface area contributed by atoms with E-state index in [0.29, 0.717) is 16.5 Å². The number of anilines is 3. The second kappa shape index (κ2) is 5.26. The lowest BCUT2D eigenvalue weighted by atomic mass is 10.2. The molecule has 0 atom stereocenters. The van der Waals surface area contributed by atoms with Gasteiger partial charge < -0.3 is 11.1 Å². The van der Waals surface area contributed by atoms with Gasteiger partial charge in [0.2, 0.25) is 0 Å². The van der Waals surface area contributed by atoms with Gasteiger partial charge in [-0.15, -0.1) is 0 Å². The van der Waals surface area contributed by atoms with Crippen LogP contribution in [0.5, 0.6) is 0 Å². The molecular formula is C14H10BrClN4. The number of hydrogen-bond acceptors (Lipinski definition) is 4. The molecule has 4 nitrogen and oxygen atoms in total. The molecule has 0 bridgehead atoms. The number of fused-ring (bicyclic) bond motifs is 1. The standard InChI is InChI=1S/C14H10BrClN4/c15-9-4-8-2-1-3-12(13(8)18-6-9)20-14-11(16)5-10(17)7-19-14/h1-7H,17H2,(H,19,20). The quantitative estimate of drug-likeness (QED) is 0.721. The van der Waals surface area contributed by atoms with Gasteiger partial charge in [0.05, 0.1) is 28.1 Å². The van der Waals surface area contributed by atoms with Crippen LogP contribution in [0, 0.1) is 0 Å². The highest BCUT2D eigenvalue weighted by molar-refractivity contribution is 9.10. The lowest BCUT2D eigenvalue weighted by Crippen LogP contribution is -1.97. The molecule has 0 fully saturated rings. The van der Waals surface area contributed by atoms with E-state index in [2.05, 4.69) is 31.2 Å². The molecular weight excluding hydrogens is 340 g/mol. The number of nitrogen functional groups attached to an aromatic ring is 1. The van der Waals surface area contributed by atoms with Crippen molar-refractivity contribution in [3.63, 3.8) is 0 Å². The first kappa shape index (κ1) is 13.1. The molecule has 2 heterocycles. The van der Waals surface area contributed by atoms with Crippen LogP contribution in [0.15, 0.2) is 47.2 Å². The van der Waals surface area contributed by atoms with Crippen molar-refractivity contribution >= 4 is 55.6 Å². The van der Waals surface area contributed by atoms with Crippen LogP contribution >= 0.6 is 27.5 Å². The zero-order valence-electron chi connectivity index (χ0n) is 10.3. The first-order valence-corrected chi connectivity index (χ1v) is 7.03. The smallest absolute Gasteiger partial charge is 0.149 e.